The first-order chi connectivity index (χ1) is 10.3. The molecule has 104 valence electrons. The molecule has 0 amide bonds. The van der Waals surface area contributed by atoms with Crippen LogP contribution in [0.3, 0.4) is 0 Å². The lowest BCUT2D eigenvalue weighted by Crippen LogP contribution is -2.06. The zero-order chi connectivity index (χ0) is 14.2. The van der Waals surface area contributed by atoms with Crippen molar-refractivity contribution in [1.29, 1.82) is 0 Å². The van der Waals surface area contributed by atoms with Crippen molar-refractivity contribution >= 4 is 44.8 Å². The normalized spacial score (nSPS) is 13.7. The average Bonchev–Trinajstić information content (AvgIpc) is 2.97. The van der Waals surface area contributed by atoms with Crippen LogP contribution in [0.2, 0.25) is 0 Å². The fourth-order valence-corrected chi connectivity index (χ4v) is 3.58. The van der Waals surface area contributed by atoms with Crippen LogP contribution >= 0.6 is 22.9 Å². The summed E-state index contributed by atoms with van der Waals surface area (Å²) in [5.41, 5.74) is 4.34. The van der Waals surface area contributed by atoms with Crippen LogP contribution < -0.4 is 4.74 Å². The van der Waals surface area contributed by atoms with Crippen molar-refractivity contribution in [3.8, 4) is 5.75 Å². The largest absolute Gasteiger partial charge is 0.488 e. The van der Waals surface area contributed by atoms with E-state index >= 15 is 0 Å². The summed E-state index contributed by atoms with van der Waals surface area (Å²) in [6, 6.07) is 14.3. The number of para-hydroxylation sites is 1. The Morgan fingerprint density at radius 2 is 2.10 bits per heavy atom. The number of halogens is 1. The van der Waals surface area contributed by atoms with Gasteiger partial charge in [-0.2, -0.15) is 0 Å². The number of hydrogen-bond acceptors (Lipinski definition) is 3. The highest BCUT2D eigenvalue weighted by atomic mass is 35.5. The molecule has 0 radical (unpaired) electrons. The molecule has 0 unspecified atom stereocenters. The van der Waals surface area contributed by atoms with E-state index in [2.05, 4.69) is 18.2 Å². The van der Waals surface area contributed by atoms with Gasteiger partial charge in [0.05, 0.1) is 10.2 Å². The van der Waals surface area contributed by atoms with Crippen molar-refractivity contribution in [1.82, 2.24) is 4.98 Å². The van der Waals surface area contributed by atoms with E-state index in [1.807, 2.05) is 30.3 Å². The van der Waals surface area contributed by atoms with Crippen LogP contribution in [0.5, 0.6) is 5.75 Å². The minimum atomic E-state index is 0.511. The van der Waals surface area contributed by atoms with Crippen LogP contribution in [0.4, 0.5) is 0 Å². The number of fused-ring (bicyclic) bond motifs is 2. The zero-order valence-electron chi connectivity index (χ0n) is 11.2. The molecule has 1 aliphatic heterocycles. The Kier molecular flexibility index (Phi) is 3.17. The van der Waals surface area contributed by atoms with Crippen LogP contribution in [-0.2, 0) is 5.88 Å². The van der Waals surface area contributed by atoms with Gasteiger partial charge in [0.1, 0.15) is 17.4 Å². The second kappa shape index (κ2) is 5.17. The monoisotopic (exact) mass is 313 g/mol. The van der Waals surface area contributed by atoms with Gasteiger partial charge >= 0.3 is 0 Å². The standard InChI is InChI=1S/C17H12ClNOS/c18-9-11-5-6-15-12(7-11)8-13(10-20-15)17-19-14-3-1-2-4-16(14)21-17/h1-8H,9-10H2. The summed E-state index contributed by atoms with van der Waals surface area (Å²) >= 11 is 7.61. The molecule has 0 atom stereocenters. The average molecular weight is 314 g/mol. The molecule has 0 aliphatic carbocycles. The van der Waals surface area contributed by atoms with Crippen LogP contribution in [0.25, 0.3) is 21.9 Å². The lowest BCUT2D eigenvalue weighted by molar-refractivity contribution is 0.365. The van der Waals surface area contributed by atoms with E-state index in [1.54, 1.807) is 11.3 Å². The van der Waals surface area contributed by atoms with Crippen molar-refractivity contribution in [3.63, 3.8) is 0 Å². The molecule has 2 aromatic carbocycles. The Bertz CT molecular complexity index is 820. The number of benzene rings is 2. The van der Waals surface area contributed by atoms with Crippen LogP contribution in [0.15, 0.2) is 42.5 Å². The first-order valence-electron chi connectivity index (χ1n) is 6.72. The molecule has 1 aromatic heterocycles. The fraction of sp³-hybridized carbons (Fsp3) is 0.118. The third-order valence-corrected chi connectivity index (χ3v) is 4.93. The molecular formula is C17H12ClNOS. The summed E-state index contributed by atoms with van der Waals surface area (Å²) in [7, 11) is 0. The summed E-state index contributed by atoms with van der Waals surface area (Å²) in [5, 5.41) is 1.03. The Morgan fingerprint density at radius 3 is 2.95 bits per heavy atom. The minimum Gasteiger partial charge on any atom is -0.488 e. The molecule has 4 rings (SSSR count). The van der Waals surface area contributed by atoms with Gasteiger partial charge < -0.3 is 4.74 Å². The van der Waals surface area contributed by atoms with Crippen molar-refractivity contribution in [2.45, 2.75) is 5.88 Å². The topological polar surface area (TPSA) is 22.1 Å². The van der Waals surface area contributed by atoms with Gasteiger partial charge in [0.25, 0.3) is 0 Å². The smallest absolute Gasteiger partial charge is 0.127 e. The van der Waals surface area contributed by atoms with Gasteiger partial charge in [-0.1, -0.05) is 18.2 Å². The van der Waals surface area contributed by atoms with Gasteiger partial charge in [0.2, 0.25) is 0 Å². The summed E-state index contributed by atoms with van der Waals surface area (Å²) < 4.78 is 7.04. The predicted octanol–water partition coefficient (Wildman–Crippen LogP) is 4.97. The van der Waals surface area contributed by atoms with E-state index in [4.69, 9.17) is 21.3 Å². The first-order valence-corrected chi connectivity index (χ1v) is 8.07. The molecule has 0 N–H and O–H groups in total. The molecular weight excluding hydrogens is 302 g/mol. The maximum atomic E-state index is 5.90. The number of nitrogens with zero attached hydrogens (tertiary/aromatic N) is 1. The molecule has 0 fully saturated rings. The highest BCUT2D eigenvalue weighted by Crippen LogP contribution is 2.34. The third kappa shape index (κ3) is 2.33. The maximum absolute atomic E-state index is 5.90. The Hall–Kier alpha value is -1.84. The Balaban J connectivity index is 1.79. The van der Waals surface area contributed by atoms with Crippen molar-refractivity contribution in [2.75, 3.05) is 6.61 Å². The summed E-state index contributed by atoms with van der Waals surface area (Å²) in [4.78, 5) is 4.70. The zero-order valence-corrected chi connectivity index (χ0v) is 12.7. The number of hydrogen-bond donors (Lipinski definition) is 0. The second-order valence-corrected chi connectivity index (χ2v) is 6.25. The van der Waals surface area contributed by atoms with Gasteiger partial charge in [-0.3, -0.25) is 0 Å². The summed E-state index contributed by atoms with van der Waals surface area (Å²) in [5.74, 6) is 1.42. The Morgan fingerprint density at radius 1 is 1.19 bits per heavy atom. The first kappa shape index (κ1) is 12.9. The molecule has 1 aliphatic rings. The molecule has 3 aromatic rings. The van der Waals surface area contributed by atoms with E-state index in [1.165, 1.54) is 4.70 Å². The van der Waals surface area contributed by atoms with Crippen molar-refractivity contribution in [3.05, 3.63) is 58.6 Å². The van der Waals surface area contributed by atoms with Crippen LogP contribution in [0.1, 0.15) is 16.1 Å². The summed E-state index contributed by atoms with van der Waals surface area (Å²) in [6.07, 6.45) is 2.16. The molecule has 0 saturated heterocycles. The maximum Gasteiger partial charge on any atom is 0.127 e. The van der Waals surface area contributed by atoms with E-state index in [9.17, 15) is 0 Å². The second-order valence-electron chi connectivity index (χ2n) is 4.95. The molecule has 0 bridgehead atoms. The number of alkyl halides is 1. The fourth-order valence-electron chi connectivity index (χ4n) is 2.44. The van der Waals surface area contributed by atoms with E-state index in [0.29, 0.717) is 12.5 Å². The molecule has 21 heavy (non-hydrogen) atoms. The molecule has 0 spiro atoms. The Labute approximate surface area is 131 Å². The van der Waals surface area contributed by atoms with Gasteiger partial charge in [-0.15, -0.1) is 22.9 Å². The lowest BCUT2D eigenvalue weighted by Gasteiger charge is -2.17. The number of rotatable bonds is 2. The van der Waals surface area contributed by atoms with Gasteiger partial charge in [0.15, 0.2) is 0 Å². The lowest BCUT2D eigenvalue weighted by atomic mass is 10.1. The third-order valence-electron chi connectivity index (χ3n) is 3.51. The van der Waals surface area contributed by atoms with Crippen molar-refractivity contribution < 1.29 is 4.74 Å². The number of thiazole rings is 1. The van der Waals surface area contributed by atoms with Crippen LogP contribution in [-0.4, -0.2) is 11.6 Å². The van der Waals surface area contributed by atoms with Gasteiger partial charge in [-0.25, -0.2) is 4.98 Å². The van der Waals surface area contributed by atoms with Gasteiger partial charge in [0, 0.05) is 17.0 Å². The van der Waals surface area contributed by atoms with E-state index in [0.717, 1.165) is 33.0 Å². The van der Waals surface area contributed by atoms with Crippen molar-refractivity contribution in [2.24, 2.45) is 0 Å². The van der Waals surface area contributed by atoms with E-state index in [-0.39, 0.29) is 0 Å². The minimum absolute atomic E-state index is 0.511. The van der Waals surface area contributed by atoms with Gasteiger partial charge in [-0.05, 0) is 35.9 Å². The molecule has 2 nitrogen and oxygen atoms in total. The molecule has 0 saturated carbocycles. The molecule has 2 heterocycles. The highest BCUT2D eigenvalue weighted by Gasteiger charge is 2.16. The number of aromatic nitrogens is 1. The van der Waals surface area contributed by atoms with E-state index < -0.39 is 0 Å². The SMILES string of the molecule is ClCc1ccc2c(c1)C=C(c1nc3ccccc3s1)CO2. The number of ether oxygens (including phenoxy) is 1. The summed E-state index contributed by atoms with van der Waals surface area (Å²) in [6.45, 7) is 0.563. The molecule has 4 heteroatoms. The highest BCUT2D eigenvalue weighted by molar-refractivity contribution is 7.19. The van der Waals surface area contributed by atoms with Crippen LogP contribution in [0, 0.1) is 0 Å². The quantitative estimate of drug-likeness (QED) is 0.623. The predicted molar refractivity (Wildman–Crippen MR) is 89.0 cm³/mol.